The molecule has 0 radical (unpaired) electrons. The Kier molecular flexibility index (Phi) is 8.39. The van der Waals surface area contributed by atoms with Crippen LogP contribution in [-0.4, -0.2) is 0 Å². The molecule has 286 valence electrons. The molecular weight excluding hydrogens is 759 g/mol. The number of furan rings is 1. The number of hydrogen-bond acceptors (Lipinski definition) is 3. The van der Waals surface area contributed by atoms with Crippen LogP contribution in [0, 0.1) is 0 Å². The first-order valence-corrected chi connectivity index (χ1v) is 21.6. The molecule has 0 saturated heterocycles. The lowest BCUT2D eigenvalue weighted by Crippen LogP contribution is -2.11. The molecule has 0 bridgehead atoms. The largest absolute Gasteiger partial charge is 0.455 e. The van der Waals surface area contributed by atoms with Crippen molar-refractivity contribution in [1.82, 2.24) is 0 Å². The van der Waals surface area contributed by atoms with Gasteiger partial charge in [0.1, 0.15) is 11.2 Å². The quantitative estimate of drug-likeness (QED) is 0.160. The van der Waals surface area contributed by atoms with Gasteiger partial charge in [0, 0.05) is 59.0 Å². The van der Waals surface area contributed by atoms with Crippen LogP contribution >= 0.6 is 11.3 Å². The minimum Gasteiger partial charge on any atom is -0.455 e. The van der Waals surface area contributed by atoms with E-state index in [4.69, 9.17) is 4.42 Å². The van der Waals surface area contributed by atoms with Gasteiger partial charge in [-0.2, -0.15) is 0 Å². The molecule has 3 heteroatoms. The average molecular weight is 796 g/mol. The first kappa shape index (κ1) is 35.2. The predicted octanol–water partition coefficient (Wildman–Crippen LogP) is 17.2. The molecule has 0 unspecified atom stereocenters. The van der Waals surface area contributed by atoms with Gasteiger partial charge < -0.3 is 9.32 Å². The van der Waals surface area contributed by atoms with E-state index in [0.717, 1.165) is 55.7 Å². The second-order valence-electron chi connectivity index (χ2n) is 15.7. The van der Waals surface area contributed by atoms with Gasteiger partial charge in [-0.25, -0.2) is 0 Å². The third-order valence-electron chi connectivity index (χ3n) is 12.1. The molecule has 10 aromatic carbocycles. The Labute approximate surface area is 357 Å². The molecule has 12 aromatic rings. The smallest absolute Gasteiger partial charge is 0.143 e. The summed E-state index contributed by atoms with van der Waals surface area (Å²) in [4.78, 5) is 2.42. The zero-order valence-corrected chi connectivity index (χ0v) is 33.9. The standard InChI is InChI=1S/C58H37NOS/c1-2-13-42-36-44(31-30-38(42)12-1)40-28-26-39(27-29-40)43-14-9-15-46(37-43)59(45-34-32-41(33-35-45)47-19-10-20-51-49-17-4-7-24-55(49)60-57(47)51)54-23-6-3-16-48(54)52-21-11-22-53-50-18-5-8-25-56(50)61-58(52)53/h1-37H. The van der Waals surface area contributed by atoms with Gasteiger partial charge in [0.25, 0.3) is 0 Å². The molecule has 61 heavy (non-hydrogen) atoms. The highest BCUT2D eigenvalue weighted by Crippen LogP contribution is 2.47. The monoisotopic (exact) mass is 795 g/mol. The Balaban J connectivity index is 0.988. The van der Waals surface area contributed by atoms with Crippen LogP contribution in [0.25, 0.3) is 97.4 Å². The number of thiophene rings is 1. The normalized spacial score (nSPS) is 11.6. The maximum atomic E-state index is 6.47. The SMILES string of the molecule is c1cc(-c2ccc(-c3ccc4ccccc4c3)cc2)cc(N(c2ccc(-c3cccc4c3oc3ccccc34)cc2)c2ccccc2-c2cccc3c2sc2ccccc23)c1. The van der Waals surface area contributed by atoms with Crippen molar-refractivity contribution in [3.05, 3.63) is 224 Å². The maximum absolute atomic E-state index is 6.47. The Bertz CT molecular complexity index is 3590. The second kappa shape index (κ2) is 14.5. The molecule has 0 saturated carbocycles. The fourth-order valence-electron chi connectivity index (χ4n) is 9.10. The highest BCUT2D eigenvalue weighted by Gasteiger charge is 2.21. The fraction of sp³-hybridized carbons (Fsp3) is 0. The lowest BCUT2D eigenvalue weighted by Gasteiger charge is -2.28. The predicted molar refractivity (Wildman–Crippen MR) is 261 cm³/mol. The topological polar surface area (TPSA) is 16.4 Å². The van der Waals surface area contributed by atoms with Crippen LogP contribution in [0.3, 0.4) is 0 Å². The van der Waals surface area contributed by atoms with Gasteiger partial charge in [-0.3, -0.25) is 0 Å². The molecule has 0 aliphatic carbocycles. The van der Waals surface area contributed by atoms with E-state index in [1.54, 1.807) is 0 Å². The molecule has 2 aromatic heterocycles. The first-order chi connectivity index (χ1) is 30.2. The Hall–Kier alpha value is -7.72. The van der Waals surface area contributed by atoms with E-state index in [2.05, 4.69) is 217 Å². The van der Waals surface area contributed by atoms with Crippen molar-refractivity contribution in [1.29, 1.82) is 0 Å². The summed E-state index contributed by atoms with van der Waals surface area (Å²) in [6, 6.07) is 81.2. The second-order valence-corrected chi connectivity index (χ2v) is 16.7. The van der Waals surface area contributed by atoms with E-state index in [1.807, 2.05) is 23.5 Å². The van der Waals surface area contributed by atoms with Gasteiger partial charge in [-0.15, -0.1) is 11.3 Å². The summed E-state index contributed by atoms with van der Waals surface area (Å²) in [5.41, 5.74) is 14.4. The van der Waals surface area contributed by atoms with Crippen molar-refractivity contribution in [2.75, 3.05) is 4.90 Å². The maximum Gasteiger partial charge on any atom is 0.143 e. The van der Waals surface area contributed by atoms with E-state index < -0.39 is 0 Å². The molecule has 0 fully saturated rings. The zero-order chi connectivity index (χ0) is 40.3. The average Bonchev–Trinajstić information content (AvgIpc) is 3.91. The third kappa shape index (κ3) is 6.09. The van der Waals surface area contributed by atoms with E-state index >= 15 is 0 Å². The summed E-state index contributed by atoms with van der Waals surface area (Å²) in [6.45, 7) is 0. The number of benzene rings is 10. The highest BCUT2D eigenvalue weighted by atomic mass is 32.1. The molecule has 0 atom stereocenters. The lowest BCUT2D eigenvalue weighted by molar-refractivity contribution is 0.670. The molecule has 0 amide bonds. The number of para-hydroxylation sites is 3. The van der Waals surface area contributed by atoms with Gasteiger partial charge in [-0.05, 0) is 87.1 Å². The third-order valence-corrected chi connectivity index (χ3v) is 13.3. The van der Waals surface area contributed by atoms with Crippen molar-refractivity contribution in [3.8, 4) is 44.5 Å². The number of fused-ring (bicyclic) bond motifs is 7. The van der Waals surface area contributed by atoms with Crippen LogP contribution in [0.4, 0.5) is 17.1 Å². The molecule has 2 heterocycles. The number of rotatable bonds is 7. The van der Waals surface area contributed by atoms with E-state index in [0.29, 0.717) is 0 Å². The van der Waals surface area contributed by atoms with Crippen molar-refractivity contribution in [2.24, 2.45) is 0 Å². The number of hydrogen-bond donors (Lipinski definition) is 0. The van der Waals surface area contributed by atoms with Gasteiger partial charge >= 0.3 is 0 Å². The summed E-state index contributed by atoms with van der Waals surface area (Å²) in [7, 11) is 0. The van der Waals surface area contributed by atoms with Crippen LogP contribution in [0.5, 0.6) is 0 Å². The Morgan fingerprint density at radius 2 is 0.951 bits per heavy atom. The minimum absolute atomic E-state index is 0.904. The van der Waals surface area contributed by atoms with Crippen LogP contribution in [0.2, 0.25) is 0 Å². The van der Waals surface area contributed by atoms with Gasteiger partial charge in [0.15, 0.2) is 0 Å². The number of nitrogens with zero attached hydrogens (tertiary/aromatic N) is 1. The van der Waals surface area contributed by atoms with Crippen LogP contribution < -0.4 is 4.90 Å². The number of anilines is 3. The van der Waals surface area contributed by atoms with Crippen molar-refractivity contribution < 1.29 is 4.42 Å². The van der Waals surface area contributed by atoms with Gasteiger partial charge in [-0.1, -0.05) is 176 Å². The highest BCUT2D eigenvalue weighted by molar-refractivity contribution is 7.26. The van der Waals surface area contributed by atoms with Crippen molar-refractivity contribution in [3.63, 3.8) is 0 Å². The molecule has 0 N–H and O–H groups in total. The molecule has 0 spiro atoms. The molecule has 2 nitrogen and oxygen atoms in total. The molecule has 12 rings (SSSR count). The van der Waals surface area contributed by atoms with E-state index in [1.165, 1.54) is 58.8 Å². The van der Waals surface area contributed by atoms with Crippen molar-refractivity contribution >= 4 is 81.3 Å². The summed E-state index contributed by atoms with van der Waals surface area (Å²) in [6.07, 6.45) is 0. The molecular formula is C58H37NOS. The first-order valence-electron chi connectivity index (χ1n) is 20.7. The van der Waals surface area contributed by atoms with Crippen molar-refractivity contribution in [2.45, 2.75) is 0 Å². The molecule has 0 aliphatic heterocycles. The summed E-state index contributed by atoms with van der Waals surface area (Å²) in [5, 5.41) is 7.36. The van der Waals surface area contributed by atoms with Gasteiger partial charge in [0.2, 0.25) is 0 Å². The summed E-state index contributed by atoms with van der Waals surface area (Å²) < 4.78 is 9.07. The zero-order valence-electron chi connectivity index (χ0n) is 33.1. The van der Waals surface area contributed by atoms with Crippen LogP contribution in [0.1, 0.15) is 0 Å². The fourth-order valence-corrected chi connectivity index (χ4v) is 10.3. The van der Waals surface area contributed by atoms with Crippen LogP contribution in [-0.2, 0) is 0 Å². The lowest BCUT2D eigenvalue weighted by atomic mass is 9.97. The van der Waals surface area contributed by atoms with E-state index in [-0.39, 0.29) is 0 Å². The Morgan fingerprint density at radius 1 is 0.344 bits per heavy atom. The van der Waals surface area contributed by atoms with Crippen LogP contribution in [0.15, 0.2) is 229 Å². The van der Waals surface area contributed by atoms with E-state index in [9.17, 15) is 0 Å². The summed E-state index contributed by atoms with van der Waals surface area (Å²) >= 11 is 1.87. The minimum atomic E-state index is 0.904. The molecule has 0 aliphatic rings. The summed E-state index contributed by atoms with van der Waals surface area (Å²) in [5.74, 6) is 0. The van der Waals surface area contributed by atoms with Gasteiger partial charge in [0.05, 0.1) is 5.69 Å². The Morgan fingerprint density at radius 3 is 1.80 bits per heavy atom.